The highest BCUT2D eigenvalue weighted by atomic mass is 35.5. The van der Waals surface area contributed by atoms with Crippen LogP contribution in [0.3, 0.4) is 0 Å². The zero-order chi connectivity index (χ0) is 21.8. The maximum Gasteiger partial charge on any atom is 0.359 e. The fourth-order valence-electron chi connectivity index (χ4n) is 3.64. The number of fused-ring (bicyclic) bond motifs is 1. The van der Waals surface area contributed by atoms with E-state index < -0.39 is 5.97 Å². The number of aromatic nitrogens is 2. The van der Waals surface area contributed by atoms with Gasteiger partial charge in [-0.05, 0) is 36.8 Å². The van der Waals surface area contributed by atoms with E-state index >= 15 is 0 Å². The summed E-state index contributed by atoms with van der Waals surface area (Å²) in [5, 5.41) is 8.11. The van der Waals surface area contributed by atoms with Gasteiger partial charge in [-0.15, -0.1) is 0 Å². The second kappa shape index (κ2) is 9.22. The molecular formula is C23H23ClN4O3. The SMILES string of the molecule is CCOC(=O)c1nn(-c2ccc(Cl)cc2)c2c1CN(C(=O)NCc1ccccc1)CC2. The average molecular weight is 439 g/mol. The van der Waals surface area contributed by atoms with Crippen molar-refractivity contribution < 1.29 is 14.3 Å². The fourth-order valence-corrected chi connectivity index (χ4v) is 3.76. The van der Waals surface area contributed by atoms with E-state index in [4.69, 9.17) is 16.3 Å². The van der Waals surface area contributed by atoms with Crippen molar-refractivity contribution in [2.24, 2.45) is 0 Å². The molecule has 8 heteroatoms. The Hall–Kier alpha value is -3.32. The van der Waals surface area contributed by atoms with Gasteiger partial charge in [0.05, 0.1) is 24.5 Å². The predicted molar refractivity (Wildman–Crippen MR) is 117 cm³/mol. The lowest BCUT2D eigenvalue weighted by atomic mass is 10.0. The molecule has 1 aromatic heterocycles. The Morgan fingerprint density at radius 1 is 1.13 bits per heavy atom. The van der Waals surface area contributed by atoms with E-state index in [1.54, 1.807) is 28.6 Å². The van der Waals surface area contributed by atoms with E-state index in [2.05, 4.69) is 10.4 Å². The van der Waals surface area contributed by atoms with E-state index in [1.807, 2.05) is 42.5 Å². The number of amides is 2. The Balaban J connectivity index is 1.58. The fraction of sp³-hybridized carbons (Fsp3) is 0.261. The molecule has 0 bridgehead atoms. The first-order chi connectivity index (χ1) is 15.1. The van der Waals surface area contributed by atoms with Crippen LogP contribution in [0.15, 0.2) is 54.6 Å². The van der Waals surface area contributed by atoms with Gasteiger partial charge in [0.2, 0.25) is 0 Å². The van der Waals surface area contributed by atoms with Crippen LogP contribution in [0.1, 0.15) is 34.2 Å². The highest BCUT2D eigenvalue weighted by Crippen LogP contribution is 2.26. The number of esters is 1. The molecule has 3 aromatic rings. The molecule has 0 aliphatic carbocycles. The molecule has 4 rings (SSSR count). The Morgan fingerprint density at radius 2 is 1.87 bits per heavy atom. The van der Waals surface area contributed by atoms with Crippen molar-refractivity contribution in [2.45, 2.75) is 26.4 Å². The number of ether oxygens (including phenoxy) is 1. The molecule has 0 radical (unpaired) electrons. The monoisotopic (exact) mass is 438 g/mol. The van der Waals surface area contributed by atoms with Crippen LogP contribution in [-0.4, -0.2) is 39.8 Å². The minimum Gasteiger partial charge on any atom is -0.461 e. The zero-order valence-corrected chi connectivity index (χ0v) is 17.9. The summed E-state index contributed by atoms with van der Waals surface area (Å²) in [5.74, 6) is -0.488. The number of hydrogen-bond donors (Lipinski definition) is 1. The molecule has 0 unspecified atom stereocenters. The molecule has 7 nitrogen and oxygen atoms in total. The molecule has 1 aliphatic rings. The maximum absolute atomic E-state index is 12.8. The van der Waals surface area contributed by atoms with E-state index in [1.165, 1.54) is 0 Å². The molecule has 0 saturated heterocycles. The van der Waals surface area contributed by atoms with Gasteiger partial charge in [-0.3, -0.25) is 0 Å². The topological polar surface area (TPSA) is 76.5 Å². The molecule has 2 aromatic carbocycles. The molecule has 2 amide bonds. The number of carbonyl (C=O) groups is 2. The third-order valence-electron chi connectivity index (χ3n) is 5.17. The Bertz CT molecular complexity index is 1080. The predicted octanol–water partition coefficient (Wildman–Crippen LogP) is 3.97. The van der Waals surface area contributed by atoms with Crippen LogP contribution in [0.25, 0.3) is 5.69 Å². The van der Waals surface area contributed by atoms with Crippen molar-refractivity contribution in [3.63, 3.8) is 0 Å². The summed E-state index contributed by atoms with van der Waals surface area (Å²) in [6.45, 7) is 3.26. The molecule has 31 heavy (non-hydrogen) atoms. The highest BCUT2D eigenvalue weighted by molar-refractivity contribution is 6.30. The second-order valence-electron chi connectivity index (χ2n) is 7.20. The normalized spacial score (nSPS) is 12.9. The molecule has 0 saturated carbocycles. The van der Waals surface area contributed by atoms with Gasteiger partial charge in [-0.1, -0.05) is 41.9 Å². The molecule has 1 N–H and O–H groups in total. The molecule has 0 spiro atoms. The molecule has 160 valence electrons. The number of carbonyl (C=O) groups excluding carboxylic acids is 2. The summed E-state index contributed by atoms with van der Waals surface area (Å²) in [6, 6.07) is 16.8. The Kier molecular flexibility index (Phi) is 6.23. The van der Waals surface area contributed by atoms with Crippen LogP contribution < -0.4 is 5.32 Å². The zero-order valence-electron chi connectivity index (χ0n) is 17.2. The molecule has 0 atom stereocenters. The number of halogens is 1. The van der Waals surface area contributed by atoms with Crippen molar-refractivity contribution >= 4 is 23.6 Å². The number of hydrogen-bond acceptors (Lipinski definition) is 4. The highest BCUT2D eigenvalue weighted by Gasteiger charge is 2.31. The van der Waals surface area contributed by atoms with E-state index in [-0.39, 0.29) is 24.9 Å². The van der Waals surface area contributed by atoms with Crippen molar-refractivity contribution in [2.75, 3.05) is 13.2 Å². The van der Waals surface area contributed by atoms with Crippen LogP contribution in [0.5, 0.6) is 0 Å². The molecule has 1 aliphatic heterocycles. The number of nitrogens with zero attached hydrogens (tertiary/aromatic N) is 3. The third kappa shape index (κ3) is 4.56. The summed E-state index contributed by atoms with van der Waals surface area (Å²) in [4.78, 5) is 27.0. The number of urea groups is 1. The lowest BCUT2D eigenvalue weighted by Crippen LogP contribution is -2.42. The summed E-state index contributed by atoms with van der Waals surface area (Å²) in [7, 11) is 0. The first-order valence-corrected chi connectivity index (χ1v) is 10.5. The second-order valence-corrected chi connectivity index (χ2v) is 7.63. The minimum atomic E-state index is -0.488. The number of benzene rings is 2. The van der Waals surface area contributed by atoms with Crippen molar-refractivity contribution in [3.05, 3.63) is 82.1 Å². The van der Waals surface area contributed by atoms with Crippen molar-refractivity contribution in [3.8, 4) is 5.69 Å². The first-order valence-electron chi connectivity index (χ1n) is 10.2. The Labute approximate surface area is 185 Å². The lowest BCUT2D eigenvalue weighted by molar-refractivity contribution is 0.0516. The van der Waals surface area contributed by atoms with Gasteiger partial charge < -0.3 is 15.0 Å². The first kappa shape index (κ1) is 20.9. The largest absolute Gasteiger partial charge is 0.461 e. The number of nitrogens with one attached hydrogen (secondary N) is 1. The Morgan fingerprint density at radius 3 is 2.58 bits per heavy atom. The van der Waals surface area contributed by atoms with Crippen LogP contribution in [0.4, 0.5) is 4.79 Å². The molecule has 2 heterocycles. The average Bonchev–Trinajstić information content (AvgIpc) is 3.18. The van der Waals surface area contributed by atoms with Gasteiger partial charge in [0.25, 0.3) is 0 Å². The quantitative estimate of drug-likeness (QED) is 0.611. The van der Waals surface area contributed by atoms with E-state index in [9.17, 15) is 9.59 Å². The third-order valence-corrected chi connectivity index (χ3v) is 5.42. The van der Waals surface area contributed by atoms with Gasteiger partial charge in [-0.2, -0.15) is 5.10 Å². The summed E-state index contributed by atoms with van der Waals surface area (Å²) in [6.07, 6.45) is 0.573. The van der Waals surface area contributed by atoms with Crippen molar-refractivity contribution in [1.82, 2.24) is 20.0 Å². The van der Waals surface area contributed by atoms with Gasteiger partial charge >= 0.3 is 12.0 Å². The van der Waals surface area contributed by atoms with E-state index in [0.717, 1.165) is 22.5 Å². The van der Waals surface area contributed by atoms with Crippen molar-refractivity contribution in [1.29, 1.82) is 0 Å². The lowest BCUT2D eigenvalue weighted by Gasteiger charge is -2.28. The smallest absolute Gasteiger partial charge is 0.359 e. The van der Waals surface area contributed by atoms with Crippen LogP contribution in [0, 0.1) is 0 Å². The van der Waals surface area contributed by atoms with Gasteiger partial charge in [0, 0.05) is 30.1 Å². The van der Waals surface area contributed by atoms with Gasteiger partial charge in [-0.25, -0.2) is 14.3 Å². The van der Waals surface area contributed by atoms with Crippen LogP contribution >= 0.6 is 11.6 Å². The number of rotatable bonds is 5. The van der Waals surface area contributed by atoms with Gasteiger partial charge in [0.15, 0.2) is 5.69 Å². The molecular weight excluding hydrogens is 416 g/mol. The van der Waals surface area contributed by atoms with Crippen LogP contribution in [0.2, 0.25) is 5.02 Å². The summed E-state index contributed by atoms with van der Waals surface area (Å²) < 4.78 is 6.96. The standard InChI is InChI=1S/C23H23ClN4O3/c1-2-31-22(29)21-19-15-27(23(30)25-14-16-6-4-3-5-7-16)13-12-20(19)28(26-21)18-10-8-17(24)9-11-18/h3-11H,2,12-15H2,1H3,(H,25,30). The van der Waals surface area contributed by atoms with Gasteiger partial charge in [0.1, 0.15) is 0 Å². The summed E-state index contributed by atoms with van der Waals surface area (Å²) >= 11 is 6.01. The van der Waals surface area contributed by atoms with E-state index in [0.29, 0.717) is 24.5 Å². The maximum atomic E-state index is 12.8. The summed E-state index contributed by atoms with van der Waals surface area (Å²) in [5.41, 5.74) is 3.69. The molecule has 0 fully saturated rings. The minimum absolute atomic E-state index is 0.177. The van der Waals surface area contributed by atoms with Crippen LogP contribution in [-0.2, 0) is 24.2 Å².